The number of benzene rings is 2. The van der Waals surface area contributed by atoms with Crippen LogP contribution in [0.25, 0.3) is 0 Å². The van der Waals surface area contributed by atoms with Gasteiger partial charge in [0.05, 0.1) is 5.02 Å². The van der Waals surface area contributed by atoms with Crippen LogP contribution in [-0.4, -0.2) is 0 Å². The number of rotatable bonds is 3. The van der Waals surface area contributed by atoms with Crippen molar-refractivity contribution >= 4 is 33.2 Å². The Morgan fingerprint density at radius 1 is 1.18 bits per heavy atom. The smallest absolute Gasteiger partial charge is 0.138 e. The van der Waals surface area contributed by atoms with Crippen LogP contribution < -0.4 is 10.5 Å². The van der Waals surface area contributed by atoms with Crippen molar-refractivity contribution in [2.75, 3.05) is 5.73 Å². The van der Waals surface area contributed by atoms with Gasteiger partial charge in [0.15, 0.2) is 0 Å². The fourth-order valence-corrected chi connectivity index (χ4v) is 2.10. The highest BCUT2D eigenvalue weighted by molar-refractivity contribution is 9.10. The first-order valence-corrected chi connectivity index (χ1v) is 6.25. The van der Waals surface area contributed by atoms with Gasteiger partial charge in [0.2, 0.25) is 0 Å². The van der Waals surface area contributed by atoms with E-state index < -0.39 is 0 Å². The van der Waals surface area contributed by atoms with Gasteiger partial charge in [-0.3, -0.25) is 0 Å². The Bertz CT molecular complexity index is 531. The van der Waals surface area contributed by atoms with E-state index in [4.69, 9.17) is 22.1 Å². The molecular formula is C13H11BrClNO. The van der Waals surface area contributed by atoms with E-state index in [-0.39, 0.29) is 0 Å². The molecule has 2 N–H and O–H groups in total. The Morgan fingerprint density at radius 2 is 1.94 bits per heavy atom. The van der Waals surface area contributed by atoms with Crippen molar-refractivity contribution in [3.63, 3.8) is 0 Å². The molecule has 0 unspecified atom stereocenters. The van der Waals surface area contributed by atoms with Crippen molar-refractivity contribution in [1.29, 1.82) is 0 Å². The Labute approximate surface area is 113 Å². The standard InChI is InChI=1S/C13H11BrClNO/c14-11-7-10(16)6-5-9(11)8-17-13-4-2-1-3-12(13)15/h1-7H,8,16H2. The third-order valence-electron chi connectivity index (χ3n) is 2.30. The molecule has 0 aliphatic heterocycles. The molecule has 0 radical (unpaired) electrons. The second-order valence-electron chi connectivity index (χ2n) is 3.57. The van der Waals surface area contributed by atoms with Gasteiger partial charge in [-0.1, -0.05) is 45.7 Å². The topological polar surface area (TPSA) is 35.2 Å². The second-order valence-corrected chi connectivity index (χ2v) is 4.83. The summed E-state index contributed by atoms with van der Waals surface area (Å²) in [5, 5.41) is 0.610. The van der Waals surface area contributed by atoms with Gasteiger partial charge in [-0.2, -0.15) is 0 Å². The highest BCUT2D eigenvalue weighted by Gasteiger charge is 2.03. The molecule has 2 aromatic rings. The zero-order valence-electron chi connectivity index (χ0n) is 8.99. The van der Waals surface area contributed by atoms with Gasteiger partial charge in [-0.15, -0.1) is 0 Å². The van der Waals surface area contributed by atoms with E-state index in [9.17, 15) is 0 Å². The summed E-state index contributed by atoms with van der Waals surface area (Å²) >= 11 is 9.44. The summed E-state index contributed by atoms with van der Waals surface area (Å²) in [6.45, 7) is 0.449. The third-order valence-corrected chi connectivity index (χ3v) is 3.35. The van der Waals surface area contributed by atoms with E-state index in [1.807, 2.05) is 36.4 Å². The quantitative estimate of drug-likeness (QED) is 0.859. The molecule has 0 saturated heterocycles. The molecule has 0 fully saturated rings. The van der Waals surface area contributed by atoms with Crippen molar-refractivity contribution in [1.82, 2.24) is 0 Å². The summed E-state index contributed by atoms with van der Waals surface area (Å²) in [4.78, 5) is 0. The Kier molecular flexibility index (Phi) is 3.92. The number of nitrogen functional groups attached to an aromatic ring is 1. The van der Waals surface area contributed by atoms with E-state index in [0.717, 1.165) is 15.7 Å². The fraction of sp³-hybridized carbons (Fsp3) is 0.0769. The van der Waals surface area contributed by atoms with Crippen LogP contribution in [-0.2, 0) is 6.61 Å². The summed E-state index contributed by atoms with van der Waals surface area (Å²) in [5.74, 6) is 0.679. The molecule has 0 aliphatic carbocycles. The molecule has 0 bridgehead atoms. The predicted octanol–water partition coefficient (Wildman–Crippen LogP) is 4.26. The largest absolute Gasteiger partial charge is 0.487 e. The number of hydrogen-bond acceptors (Lipinski definition) is 2. The number of anilines is 1. The lowest BCUT2D eigenvalue weighted by atomic mass is 10.2. The molecule has 0 aliphatic rings. The van der Waals surface area contributed by atoms with Crippen LogP contribution in [0.5, 0.6) is 5.75 Å². The van der Waals surface area contributed by atoms with Gasteiger partial charge in [0.25, 0.3) is 0 Å². The van der Waals surface area contributed by atoms with E-state index in [1.165, 1.54) is 0 Å². The van der Waals surface area contributed by atoms with Crippen LogP contribution in [0.4, 0.5) is 5.69 Å². The van der Waals surface area contributed by atoms with Gasteiger partial charge >= 0.3 is 0 Å². The summed E-state index contributed by atoms with van der Waals surface area (Å²) in [6.07, 6.45) is 0. The van der Waals surface area contributed by atoms with Crippen LogP contribution in [0.3, 0.4) is 0 Å². The highest BCUT2D eigenvalue weighted by atomic mass is 79.9. The minimum Gasteiger partial charge on any atom is -0.487 e. The number of halogens is 2. The summed E-state index contributed by atoms with van der Waals surface area (Å²) in [6, 6.07) is 13.0. The van der Waals surface area contributed by atoms with E-state index in [2.05, 4.69) is 15.9 Å². The molecule has 0 amide bonds. The molecule has 0 saturated carbocycles. The molecule has 2 aromatic carbocycles. The van der Waals surface area contributed by atoms with Crippen molar-refractivity contribution in [2.45, 2.75) is 6.61 Å². The van der Waals surface area contributed by atoms with Crippen molar-refractivity contribution in [2.24, 2.45) is 0 Å². The molecule has 2 rings (SSSR count). The monoisotopic (exact) mass is 311 g/mol. The van der Waals surface area contributed by atoms with Gasteiger partial charge in [0.1, 0.15) is 12.4 Å². The van der Waals surface area contributed by atoms with Gasteiger partial charge in [-0.25, -0.2) is 0 Å². The van der Waals surface area contributed by atoms with Crippen LogP contribution in [0.2, 0.25) is 5.02 Å². The maximum Gasteiger partial charge on any atom is 0.138 e. The minimum absolute atomic E-state index is 0.449. The average Bonchev–Trinajstić information content (AvgIpc) is 2.30. The van der Waals surface area contributed by atoms with Crippen molar-refractivity contribution in [3.8, 4) is 5.75 Å². The fourth-order valence-electron chi connectivity index (χ4n) is 1.40. The zero-order chi connectivity index (χ0) is 12.3. The van der Waals surface area contributed by atoms with Gasteiger partial charge in [0, 0.05) is 15.7 Å². The van der Waals surface area contributed by atoms with E-state index in [1.54, 1.807) is 6.07 Å². The average molecular weight is 313 g/mol. The molecule has 88 valence electrons. The predicted molar refractivity (Wildman–Crippen MR) is 74.3 cm³/mol. The van der Waals surface area contributed by atoms with Crippen LogP contribution in [0.15, 0.2) is 46.9 Å². The molecule has 0 spiro atoms. The molecule has 0 atom stereocenters. The molecule has 0 aromatic heterocycles. The van der Waals surface area contributed by atoms with E-state index >= 15 is 0 Å². The lowest BCUT2D eigenvalue weighted by Crippen LogP contribution is -1.97. The van der Waals surface area contributed by atoms with Crippen LogP contribution >= 0.6 is 27.5 Å². The number of hydrogen-bond donors (Lipinski definition) is 1. The normalized spacial score (nSPS) is 10.2. The zero-order valence-corrected chi connectivity index (χ0v) is 11.3. The molecule has 2 nitrogen and oxygen atoms in total. The van der Waals surface area contributed by atoms with Gasteiger partial charge < -0.3 is 10.5 Å². The number of ether oxygens (including phenoxy) is 1. The molecule has 0 heterocycles. The Hall–Kier alpha value is -1.19. The van der Waals surface area contributed by atoms with Gasteiger partial charge in [-0.05, 0) is 24.3 Å². The van der Waals surface area contributed by atoms with Crippen LogP contribution in [0, 0.1) is 0 Å². The SMILES string of the molecule is Nc1ccc(COc2ccccc2Cl)c(Br)c1. The molecule has 17 heavy (non-hydrogen) atoms. The minimum atomic E-state index is 0.449. The lowest BCUT2D eigenvalue weighted by molar-refractivity contribution is 0.305. The summed E-state index contributed by atoms with van der Waals surface area (Å²) < 4.78 is 6.58. The Balaban J connectivity index is 2.10. The highest BCUT2D eigenvalue weighted by Crippen LogP contribution is 2.26. The second kappa shape index (κ2) is 5.43. The maximum absolute atomic E-state index is 6.00. The van der Waals surface area contributed by atoms with E-state index in [0.29, 0.717) is 17.4 Å². The molecule has 4 heteroatoms. The lowest BCUT2D eigenvalue weighted by Gasteiger charge is -2.09. The Morgan fingerprint density at radius 3 is 2.65 bits per heavy atom. The first-order chi connectivity index (χ1) is 8.16. The van der Waals surface area contributed by atoms with Crippen molar-refractivity contribution in [3.05, 3.63) is 57.5 Å². The van der Waals surface area contributed by atoms with Crippen molar-refractivity contribution < 1.29 is 4.74 Å². The molecular weight excluding hydrogens is 302 g/mol. The van der Waals surface area contributed by atoms with Crippen LogP contribution in [0.1, 0.15) is 5.56 Å². The third kappa shape index (κ3) is 3.14. The summed E-state index contributed by atoms with van der Waals surface area (Å²) in [5.41, 5.74) is 7.41. The first kappa shape index (κ1) is 12.3. The first-order valence-electron chi connectivity index (χ1n) is 5.08. The number of para-hydroxylation sites is 1. The number of nitrogens with two attached hydrogens (primary N) is 1. The summed E-state index contributed by atoms with van der Waals surface area (Å²) in [7, 11) is 0. The maximum atomic E-state index is 6.00.